The molecule has 0 bridgehead atoms. The van der Waals surface area contributed by atoms with E-state index in [0.29, 0.717) is 52.2 Å². The zero-order valence-corrected chi connectivity index (χ0v) is 12.1. The molecule has 0 atom stereocenters. The van der Waals surface area contributed by atoms with Crippen LogP contribution in [0.1, 0.15) is 19.8 Å². The van der Waals surface area contributed by atoms with Crippen LogP contribution < -0.4 is 0 Å². The summed E-state index contributed by atoms with van der Waals surface area (Å²) in [6.45, 7) is 4.19. The zero-order chi connectivity index (χ0) is 15.7. The molecule has 2 amide bonds. The highest BCUT2D eigenvalue weighted by molar-refractivity contribution is 5.75. The van der Waals surface area contributed by atoms with Crippen molar-refractivity contribution < 1.29 is 28.7 Å². The molecule has 2 saturated heterocycles. The third kappa shape index (κ3) is 6.73. The van der Waals surface area contributed by atoms with Crippen LogP contribution in [0.2, 0.25) is 0 Å². The standard InChI is InChI=1S/C7H11NO3.C6H9NO3/c1-6(9)8-3-2-7(10)11-5-4-8;8-5-7-2-1-6(9)10-4-3-7/h2-5H2,1H3;5H,1-4H2. The van der Waals surface area contributed by atoms with E-state index < -0.39 is 0 Å². The highest BCUT2D eigenvalue weighted by Crippen LogP contribution is 2.00. The van der Waals surface area contributed by atoms with Crippen LogP contribution in [0.25, 0.3) is 0 Å². The minimum atomic E-state index is -0.218. The van der Waals surface area contributed by atoms with E-state index in [1.54, 1.807) is 4.90 Å². The number of carbonyl (C=O) groups is 4. The van der Waals surface area contributed by atoms with Gasteiger partial charge in [-0.15, -0.1) is 0 Å². The van der Waals surface area contributed by atoms with Gasteiger partial charge in [-0.2, -0.15) is 0 Å². The number of carbonyl (C=O) groups excluding carboxylic acids is 4. The van der Waals surface area contributed by atoms with E-state index in [9.17, 15) is 19.2 Å². The van der Waals surface area contributed by atoms with Crippen molar-refractivity contribution in [2.24, 2.45) is 0 Å². The maximum absolute atomic E-state index is 10.8. The normalized spacial score (nSPS) is 19.3. The molecule has 8 nitrogen and oxygen atoms in total. The third-order valence-corrected chi connectivity index (χ3v) is 3.05. The number of amides is 2. The molecular formula is C13H20N2O6. The summed E-state index contributed by atoms with van der Waals surface area (Å²) in [5.41, 5.74) is 0. The zero-order valence-electron chi connectivity index (χ0n) is 12.1. The molecule has 0 N–H and O–H groups in total. The minimum absolute atomic E-state index is 0.00306. The highest BCUT2D eigenvalue weighted by Gasteiger charge is 2.15. The number of esters is 2. The van der Waals surface area contributed by atoms with Crippen molar-refractivity contribution in [3.8, 4) is 0 Å². The van der Waals surface area contributed by atoms with Gasteiger partial charge in [0.25, 0.3) is 0 Å². The van der Waals surface area contributed by atoms with Gasteiger partial charge >= 0.3 is 11.9 Å². The highest BCUT2D eigenvalue weighted by atomic mass is 16.5. The van der Waals surface area contributed by atoms with E-state index in [2.05, 4.69) is 0 Å². The first-order valence-corrected chi connectivity index (χ1v) is 6.79. The van der Waals surface area contributed by atoms with Crippen molar-refractivity contribution >= 4 is 24.3 Å². The lowest BCUT2D eigenvalue weighted by Gasteiger charge is -2.15. The van der Waals surface area contributed by atoms with Gasteiger partial charge in [0.1, 0.15) is 13.2 Å². The second-order valence-electron chi connectivity index (χ2n) is 4.59. The Labute approximate surface area is 123 Å². The Hall–Kier alpha value is -2.12. The smallest absolute Gasteiger partial charge is 0.307 e. The molecule has 0 saturated carbocycles. The predicted octanol–water partition coefficient (Wildman–Crippen LogP) is -0.826. The summed E-state index contributed by atoms with van der Waals surface area (Å²) in [7, 11) is 0. The number of rotatable bonds is 1. The third-order valence-electron chi connectivity index (χ3n) is 3.05. The largest absolute Gasteiger partial charge is 0.464 e. The lowest BCUT2D eigenvalue weighted by atomic mass is 10.4. The van der Waals surface area contributed by atoms with Gasteiger partial charge in [0.2, 0.25) is 12.3 Å². The second-order valence-corrected chi connectivity index (χ2v) is 4.59. The molecule has 2 rings (SSSR count). The van der Waals surface area contributed by atoms with E-state index in [1.807, 2.05) is 0 Å². The molecule has 0 unspecified atom stereocenters. The molecule has 0 spiro atoms. The SMILES string of the molecule is CC(=O)N1CCOC(=O)CC1.O=CN1CCOC(=O)CC1. The summed E-state index contributed by atoms with van der Waals surface area (Å²) >= 11 is 0. The van der Waals surface area contributed by atoms with Crippen LogP contribution in [0.4, 0.5) is 0 Å². The van der Waals surface area contributed by atoms with Crippen molar-refractivity contribution in [1.82, 2.24) is 9.80 Å². The molecule has 2 fully saturated rings. The lowest BCUT2D eigenvalue weighted by Crippen LogP contribution is -2.30. The molecular weight excluding hydrogens is 280 g/mol. The van der Waals surface area contributed by atoms with Gasteiger partial charge in [-0.3, -0.25) is 19.2 Å². The Morgan fingerprint density at radius 2 is 1.57 bits per heavy atom. The molecule has 8 heteroatoms. The Morgan fingerprint density at radius 3 is 2.14 bits per heavy atom. The summed E-state index contributed by atoms with van der Waals surface area (Å²) in [6.07, 6.45) is 1.38. The predicted molar refractivity (Wildman–Crippen MR) is 71.0 cm³/mol. The molecule has 0 radical (unpaired) electrons. The van der Waals surface area contributed by atoms with E-state index in [0.717, 1.165) is 6.41 Å². The van der Waals surface area contributed by atoms with Crippen molar-refractivity contribution in [2.75, 3.05) is 39.4 Å². The number of ether oxygens (including phenoxy) is 2. The Kier molecular flexibility index (Phi) is 7.20. The van der Waals surface area contributed by atoms with Crippen molar-refractivity contribution in [3.63, 3.8) is 0 Å². The van der Waals surface area contributed by atoms with Crippen LogP contribution >= 0.6 is 0 Å². The molecule has 0 aromatic heterocycles. The fourth-order valence-corrected chi connectivity index (χ4v) is 1.80. The van der Waals surface area contributed by atoms with Crippen molar-refractivity contribution in [1.29, 1.82) is 0 Å². The van der Waals surface area contributed by atoms with E-state index in [1.165, 1.54) is 11.8 Å². The maximum atomic E-state index is 10.8. The van der Waals surface area contributed by atoms with Gasteiger partial charge in [0.05, 0.1) is 25.9 Å². The van der Waals surface area contributed by atoms with Gasteiger partial charge in [0.15, 0.2) is 0 Å². The summed E-state index contributed by atoms with van der Waals surface area (Å²) < 4.78 is 9.45. The first-order valence-electron chi connectivity index (χ1n) is 6.79. The number of hydrogen-bond donors (Lipinski definition) is 0. The second kappa shape index (κ2) is 8.93. The average Bonchev–Trinajstić information content (AvgIpc) is 2.79. The molecule has 0 aliphatic carbocycles. The van der Waals surface area contributed by atoms with Gasteiger partial charge < -0.3 is 19.3 Å². The van der Waals surface area contributed by atoms with Crippen LogP contribution in [0.5, 0.6) is 0 Å². The first-order chi connectivity index (χ1) is 10.0. The van der Waals surface area contributed by atoms with Gasteiger partial charge in [-0.1, -0.05) is 0 Å². The maximum Gasteiger partial charge on any atom is 0.307 e. The van der Waals surface area contributed by atoms with Crippen molar-refractivity contribution in [2.45, 2.75) is 19.8 Å². The number of hydrogen-bond acceptors (Lipinski definition) is 6. The Morgan fingerprint density at radius 1 is 1.00 bits per heavy atom. The molecule has 118 valence electrons. The summed E-state index contributed by atoms with van der Waals surface area (Å²) in [5.74, 6) is -0.429. The Bertz CT molecular complexity index is 398. The molecule has 21 heavy (non-hydrogen) atoms. The lowest BCUT2D eigenvalue weighted by molar-refractivity contribution is -0.143. The fraction of sp³-hybridized carbons (Fsp3) is 0.692. The van der Waals surface area contributed by atoms with Crippen LogP contribution in [0.15, 0.2) is 0 Å². The quantitative estimate of drug-likeness (QED) is 0.464. The summed E-state index contributed by atoms with van der Waals surface area (Å²) in [5, 5.41) is 0. The molecule has 2 aliphatic heterocycles. The Balaban J connectivity index is 0.000000211. The molecule has 0 aromatic carbocycles. The molecule has 2 heterocycles. The van der Waals surface area contributed by atoms with E-state index in [-0.39, 0.29) is 17.8 Å². The van der Waals surface area contributed by atoms with Gasteiger partial charge in [-0.05, 0) is 0 Å². The van der Waals surface area contributed by atoms with Crippen LogP contribution in [0, 0.1) is 0 Å². The molecule has 0 aromatic rings. The van der Waals surface area contributed by atoms with Crippen LogP contribution in [-0.2, 0) is 28.7 Å². The number of cyclic esters (lactones) is 2. The number of nitrogens with zero attached hydrogens (tertiary/aromatic N) is 2. The topological polar surface area (TPSA) is 93.2 Å². The van der Waals surface area contributed by atoms with Crippen LogP contribution in [0.3, 0.4) is 0 Å². The monoisotopic (exact) mass is 300 g/mol. The summed E-state index contributed by atoms with van der Waals surface area (Å²) in [6, 6.07) is 0. The molecule has 2 aliphatic rings. The average molecular weight is 300 g/mol. The fourth-order valence-electron chi connectivity index (χ4n) is 1.80. The van der Waals surface area contributed by atoms with E-state index in [4.69, 9.17) is 9.47 Å². The minimum Gasteiger partial charge on any atom is -0.464 e. The first kappa shape index (κ1) is 16.9. The summed E-state index contributed by atoms with van der Waals surface area (Å²) in [4.78, 5) is 45.4. The van der Waals surface area contributed by atoms with Crippen LogP contribution in [-0.4, -0.2) is 73.4 Å². The van der Waals surface area contributed by atoms with Crippen molar-refractivity contribution in [3.05, 3.63) is 0 Å². The van der Waals surface area contributed by atoms with Gasteiger partial charge in [0, 0.05) is 20.0 Å². The van der Waals surface area contributed by atoms with Gasteiger partial charge in [-0.25, -0.2) is 0 Å². The van der Waals surface area contributed by atoms with E-state index >= 15 is 0 Å².